The van der Waals surface area contributed by atoms with E-state index in [1.807, 2.05) is 0 Å². The molecule has 2 nitrogen and oxygen atoms in total. The first-order chi connectivity index (χ1) is 7.70. The zero-order chi connectivity index (χ0) is 11.9. The number of methoxy groups -OCH3 is 1. The Morgan fingerprint density at radius 2 is 1.88 bits per heavy atom. The van der Waals surface area contributed by atoms with Crippen molar-refractivity contribution >= 4 is 0 Å². The highest BCUT2D eigenvalue weighted by molar-refractivity contribution is 5.13. The summed E-state index contributed by atoms with van der Waals surface area (Å²) in [5.74, 6) is 0. The molecular formula is C14H24NO+. The SMILES string of the molecule is CC[N+](C)(CCCOC)Cc1ccccc1. The Hall–Kier alpha value is -0.860. The maximum atomic E-state index is 5.12. The summed E-state index contributed by atoms with van der Waals surface area (Å²) in [6.07, 6.45) is 1.13. The molecule has 0 amide bonds. The van der Waals surface area contributed by atoms with Crippen LogP contribution in [0.25, 0.3) is 0 Å². The fraction of sp³-hybridized carbons (Fsp3) is 0.571. The molecule has 16 heavy (non-hydrogen) atoms. The predicted molar refractivity (Wildman–Crippen MR) is 68.2 cm³/mol. The van der Waals surface area contributed by atoms with Gasteiger partial charge in [0.25, 0.3) is 0 Å². The Morgan fingerprint density at radius 3 is 2.44 bits per heavy atom. The van der Waals surface area contributed by atoms with E-state index in [1.165, 1.54) is 18.7 Å². The van der Waals surface area contributed by atoms with E-state index in [-0.39, 0.29) is 0 Å². The topological polar surface area (TPSA) is 9.23 Å². The van der Waals surface area contributed by atoms with Crippen molar-refractivity contribution in [1.82, 2.24) is 0 Å². The molecule has 0 fully saturated rings. The van der Waals surface area contributed by atoms with Gasteiger partial charge in [0.1, 0.15) is 6.54 Å². The van der Waals surface area contributed by atoms with E-state index in [1.54, 1.807) is 7.11 Å². The molecule has 0 aliphatic rings. The smallest absolute Gasteiger partial charge is 0.104 e. The van der Waals surface area contributed by atoms with Gasteiger partial charge in [-0.3, -0.25) is 0 Å². The van der Waals surface area contributed by atoms with E-state index in [4.69, 9.17) is 4.74 Å². The number of rotatable bonds is 7. The summed E-state index contributed by atoms with van der Waals surface area (Å²) in [7, 11) is 4.09. The number of benzene rings is 1. The van der Waals surface area contributed by atoms with Crippen LogP contribution in [0.5, 0.6) is 0 Å². The van der Waals surface area contributed by atoms with Crippen LogP contribution < -0.4 is 0 Å². The van der Waals surface area contributed by atoms with Gasteiger partial charge in [-0.2, -0.15) is 0 Å². The summed E-state index contributed by atoms with van der Waals surface area (Å²) < 4.78 is 6.21. The van der Waals surface area contributed by atoms with Crippen molar-refractivity contribution in [3.63, 3.8) is 0 Å². The van der Waals surface area contributed by atoms with Gasteiger partial charge in [-0.25, -0.2) is 0 Å². The third-order valence-corrected chi connectivity index (χ3v) is 3.22. The first-order valence-corrected chi connectivity index (χ1v) is 6.06. The van der Waals surface area contributed by atoms with Crippen LogP contribution in [0.4, 0.5) is 0 Å². The summed E-state index contributed by atoms with van der Waals surface area (Å²) in [6.45, 7) is 6.58. The highest BCUT2D eigenvalue weighted by Crippen LogP contribution is 2.12. The van der Waals surface area contributed by atoms with Gasteiger partial charge in [0.05, 0.1) is 26.7 Å². The number of ether oxygens (including phenoxy) is 1. The standard InChI is InChI=1S/C14H24NO/c1-4-15(2,11-8-12-16-3)13-14-9-6-5-7-10-14/h5-7,9-10H,4,8,11-13H2,1-3H3/q+1. The number of hydrogen-bond acceptors (Lipinski definition) is 1. The average molecular weight is 222 g/mol. The van der Waals surface area contributed by atoms with E-state index in [0.29, 0.717) is 0 Å². The minimum Gasteiger partial charge on any atom is -0.384 e. The molecule has 0 spiro atoms. The lowest BCUT2D eigenvalue weighted by Crippen LogP contribution is -2.44. The lowest BCUT2D eigenvalue weighted by molar-refractivity contribution is -0.921. The Balaban J connectivity index is 2.52. The highest BCUT2D eigenvalue weighted by Gasteiger charge is 2.18. The third kappa shape index (κ3) is 4.33. The summed E-state index contributed by atoms with van der Waals surface area (Å²) in [6, 6.07) is 10.7. The quantitative estimate of drug-likeness (QED) is 0.509. The molecule has 0 aliphatic heterocycles. The van der Waals surface area contributed by atoms with Crippen molar-refractivity contribution in [2.45, 2.75) is 19.9 Å². The van der Waals surface area contributed by atoms with Gasteiger partial charge in [0, 0.05) is 19.1 Å². The molecule has 1 aromatic carbocycles. The molecule has 1 rings (SSSR count). The van der Waals surface area contributed by atoms with Crippen molar-refractivity contribution in [2.75, 3.05) is 33.9 Å². The first kappa shape index (κ1) is 13.2. The van der Waals surface area contributed by atoms with Crippen LogP contribution in [-0.4, -0.2) is 38.3 Å². The molecule has 0 aliphatic carbocycles. The monoisotopic (exact) mass is 222 g/mol. The van der Waals surface area contributed by atoms with Gasteiger partial charge in [0.2, 0.25) is 0 Å². The van der Waals surface area contributed by atoms with Crippen LogP contribution in [0.3, 0.4) is 0 Å². The van der Waals surface area contributed by atoms with Crippen molar-refractivity contribution < 1.29 is 9.22 Å². The molecule has 1 aromatic rings. The number of hydrogen-bond donors (Lipinski definition) is 0. The van der Waals surface area contributed by atoms with Gasteiger partial charge in [-0.1, -0.05) is 30.3 Å². The molecular weight excluding hydrogens is 198 g/mol. The van der Waals surface area contributed by atoms with Gasteiger partial charge in [-0.15, -0.1) is 0 Å². The maximum absolute atomic E-state index is 5.12. The molecule has 1 atom stereocenters. The van der Waals surface area contributed by atoms with Crippen LogP contribution in [0.15, 0.2) is 30.3 Å². The number of nitrogens with zero attached hydrogens (tertiary/aromatic N) is 1. The maximum Gasteiger partial charge on any atom is 0.104 e. The fourth-order valence-corrected chi connectivity index (χ4v) is 1.96. The lowest BCUT2D eigenvalue weighted by atomic mass is 10.2. The van der Waals surface area contributed by atoms with E-state index >= 15 is 0 Å². The molecule has 2 heteroatoms. The Kier molecular flexibility index (Phi) is 5.50. The average Bonchev–Trinajstić information content (AvgIpc) is 2.31. The van der Waals surface area contributed by atoms with E-state index in [2.05, 4.69) is 44.3 Å². The molecule has 0 saturated heterocycles. The molecule has 0 aromatic heterocycles. The Morgan fingerprint density at radius 1 is 1.19 bits per heavy atom. The fourth-order valence-electron chi connectivity index (χ4n) is 1.96. The molecule has 0 radical (unpaired) electrons. The highest BCUT2D eigenvalue weighted by atomic mass is 16.5. The minimum absolute atomic E-state index is 0.864. The summed E-state index contributed by atoms with van der Waals surface area (Å²) in [5.41, 5.74) is 1.42. The van der Waals surface area contributed by atoms with Crippen LogP contribution >= 0.6 is 0 Å². The summed E-state index contributed by atoms with van der Waals surface area (Å²) in [5, 5.41) is 0. The van der Waals surface area contributed by atoms with Crippen LogP contribution in [0.2, 0.25) is 0 Å². The molecule has 1 unspecified atom stereocenters. The van der Waals surface area contributed by atoms with Gasteiger partial charge >= 0.3 is 0 Å². The second-order valence-corrected chi connectivity index (χ2v) is 4.65. The van der Waals surface area contributed by atoms with Crippen LogP contribution in [-0.2, 0) is 11.3 Å². The van der Waals surface area contributed by atoms with Gasteiger partial charge < -0.3 is 9.22 Å². The summed E-state index contributed by atoms with van der Waals surface area (Å²) in [4.78, 5) is 0. The second-order valence-electron chi connectivity index (χ2n) is 4.65. The number of quaternary nitrogens is 1. The predicted octanol–water partition coefficient (Wildman–Crippen LogP) is 2.69. The zero-order valence-electron chi connectivity index (χ0n) is 10.8. The molecule has 0 N–H and O–H groups in total. The van der Waals surface area contributed by atoms with Crippen molar-refractivity contribution in [3.8, 4) is 0 Å². The molecule has 0 saturated carbocycles. The first-order valence-electron chi connectivity index (χ1n) is 6.06. The zero-order valence-corrected chi connectivity index (χ0v) is 10.8. The van der Waals surface area contributed by atoms with Crippen molar-refractivity contribution in [1.29, 1.82) is 0 Å². The van der Waals surface area contributed by atoms with E-state index < -0.39 is 0 Å². The normalized spacial score (nSPS) is 14.7. The summed E-state index contributed by atoms with van der Waals surface area (Å²) >= 11 is 0. The van der Waals surface area contributed by atoms with E-state index in [0.717, 1.165) is 24.1 Å². The van der Waals surface area contributed by atoms with Crippen molar-refractivity contribution in [3.05, 3.63) is 35.9 Å². The van der Waals surface area contributed by atoms with Crippen LogP contribution in [0.1, 0.15) is 18.9 Å². The molecule has 0 bridgehead atoms. The van der Waals surface area contributed by atoms with Crippen LogP contribution in [0, 0.1) is 0 Å². The minimum atomic E-state index is 0.864. The van der Waals surface area contributed by atoms with Gasteiger partial charge in [0.15, 0.2) is 0 Å². The largest absolute Gasteiger partial charge is 0.384 e. The second kappa shape index (κ2) is 6.66. The lowest BCUT2D eigenvalue weighted by Gasteiger charge is -2.33. The van der Waals surface area contributed by atoms with E-state index in [9.17, 15) is 0 Å². The van der Waals surface area contributed by atoms with Crippen molar-refractivity contribution in [2.24, 2.45) is 0 Å². The van der Waals surface area contributed by atoms with Gasteiger partial charge in [-0.05, 0) is 6.92 Å². The Bertz CT molecular complexity index is 286. The molecule has 90 valence electrons. The molecule has 0 heterocycles. The Labute approximate surface area is 99.4 Å². The third-order valence-electron chi connectivity index (χ3n) is 3.22.